The molecule has 0 fully saturated rings. The molecule has 16 heteroatoms. The normalized spacial score (nSPS) is 16.2. The van der Waals surface area contributed by atoms with E-state index in [1.807, 2.05) is 5.92 Å². The number of halogens is 6. The van der Waals surface area contributed by atoms with Gasteiger partial charge in [-0.15, -0.1) is 12.3 Å². The van der Waals surface area contributed by atoms with Gasteiger partial charge in [0.15, 0.2) is 25.3 Å². The lowest BCUT2D eigenvalue weighted by molar-refractivity contribution is -0.264. The third-order valence-electron chi connectivity index (χ3n) is 8.40. The van der Waals surface area contributed by atoms with Gasteiger partial charge in [-0.2, -0.15) is 26.3 Å². The molecule has 49 heavy (non-hydrogen) atoms. The Morgan fingerprint density at radius 3 is 1.55 bits per heavy atom. The van der Waals surface area contributed by atoms with Gasteiger partial charge in [0.05, 0.1) is 23.0 Å². The molecule has 0 saturated heterocycles. The Kier molecular flexibility index (Phi) is 11.0. The van der Waals surface area contributed by atoms with Gasteiger partial charge < -0.3 is 14.6 Å². The van der Waals surface area contributed by atoms with E-state index in [9.17, 15) is 53.1 Å². The molecule has 0 radical (unpaired) electrons. The number of carbonyl (C=O) groups is 1. The number of terminal acetylenes is 1. The predicted molar refractivity (Wildman–Crippen MR) is 168 cm³/mol. The summed E-state index contributed by atoms with van der Waals surface area (Å²) in [5, 5.41) is 10.2. The number of ether oxygens (including phenoxy) is 2. The van der Waals surface area contributed by atoms with E-state index in [1.54, 1.807) is 0 Å². The van der Waals surface area contributed by atoms with E-state index in [0.717, 1.165) is 12.5 Å². The Hall–Kier alpha value is -3.29. The summed E-state index contributed by atoms with van der Waals surface area (Å²) in [6.07, 6.45) is -4.20. The number of fused-ring (bicyclic) bond motifs is 2. The molecular weight excluding hydrogens is 702 g/mol. The fourth-order valence-corrected chi connectivity index (χ4v) is 7.22. The molecule has 2 aromatic carbocycles. The molecule has 0 bridgehead atoms. The first kappa shape index (κ1) is 40.1. The molecule has 2 aliphatic heterocycles. The van der Waals surface area contributed by atoms with Crippen LogP contribution in [0.3, 0.4) is 0 Å². The standard InChI is InChI=1S/C18H21F3O4S.C15H17F3O4S/c1-5-7-17(22,18(19,20)21)11-16(2,3)14-10-13(26(4,23)24)9-12-6-8-25-15(12)14;1-14(2,8-12(19)15(16,17)18)11-7-10(23(3,20)21)6-9-4-5-22-13(9)11/h1,9-10,22H,6-8,11H2,2-4H3;6-7H,4-5,8H2,1-3H3. The van der Waals surface area contributed by atoms with E-state index < -0.39 is 73.5 Å². The summed E-state index contributed by atoms with van der Waals surface area (Å²) >= 11 is 0. The summed E-state index contributed by atoms with van der Waals surface area (Å²) < 4.78 is 136. The number of hydrogen-bond donors (Lipinski definition) is 1. The minimum absolute atomic E-state index is 0.0114. The van der Waals surface area contributed by atoms with Gasteiger partial charge >= 0.3 is 12.4 Å². The lowest BCUT2D eigenvalue weighted by Gasteiger charge is -2.37. The highest BCUT2D eigenvalue weighted by molar-refractivity contribution is 7.91. The van der Waals surface area contributed by atoms with Crippen molar-refractivity contribution in [1.82, 2.24) is 0 Å². The Balaban J connectivity index is 0.000000267. The smallest absolute Gasteiger partial charge is 0.450 e. The van der Waals surface area contributed by atoms with E-state index in [1.165, 1.54) is 52.0 Å². The number of sulfone groups is 2. The van der Waals surface area contributed by atoms with Crippen molar-refractivity contribution in [3.05, 3.63) is 46.5 Å². The van der Waals surface area contributed by atoms with Crippen molar-refractivity contribution in [2.24, 2.45) is 0 Å². The van der Waals surface area contributed by atoms with Gasteiger partial charge in [0.25, 0.3) is 0 Å². The van der Waals surface area contributed by atoms with Crippen LogP contribution in [0.4, 0.5) is 26.3 Å². The van der Waals surface area contributed by atoms with Gasteiger partial charge in [-0.05, 0) is 47.2 Å². The quantitative estimate of drug-likeness (QED) is 0.252. The third kappa shape index (κ3) is 9.09. The number of carbonyl (C=O) groups excluding carboxylic acids is 1. The van der Waals surface area contributed by atoms with Gasteiger partial charge in [0.2, 0.25) is 5.78 Å². The molecular formula is C33H38F6O8S2. The number of aliphatic hydroxyl groups is 1. The zero-order valence-electron chi connectivity index (χ0n) is 27.7. The Morgan fingerprint density at radius 2 is 1.20 bits per heavy atom. The maximum atomic E-state index is 13.4. The summed E-state index contributed by atoms with van der Waals surface area (Å²) in [4.78, 5) is 11.4. The second-order valence-electron chi connectivity index (χ2n) is 13.6. The van der Waals surface area contributed by atoms with Crippen LogP contribution in [0.15, 0.2) is 34.1 Å². The molecule has 1 atom stereocenters. The maximum Gasteiger partial charge on any atom is 0.450 e. The van der Waals surface area contributed by atoms with Crippen molar-refractivity contribution < 1.29 is 62.6 Å². The van der Waals surface area contributed by atoms with Crippen LogP contribution in [0.5, 0.6) is 11.5 Å². The maximum absolute atomic E-state index is 13.4. The van der Waals surface area contributed by atoms with Crippen molar-refractivity contribution >= 4 is 25.5 Å². The van der Waals surface area contributed by atoms with Gasteiger partial charge in [-0.3, -0.25) is 4.79 Å². The van der Waals surface area contributed by atoms with Crippen LogP contribution in [-0.4, -0.2) is 71.4 Å². The van der Waals surface area contributed by atoms with Crippen molar-refractivity contribution in [3.8, 4) is 23.8 Å². The van der Waals surface area contributed by atoms with E-state index in [2.05, 4.69) is 0 Å². The molecule has 2 aliphatic rings. The zero-order valence-corrected chi connectivity index (χ0v) is 29.4. The predicted octanol–water partition coefficient (Wildman–Crippen LogP) is 5.83. The SMILES string of the molecule is C#CCC(O)(CC(C)(C)c1cc(S(C)(=O)=O)cc2c1OCC2)C(F)(F)F.CC(C)(CC(=O)C(F)(F)F)c1cc(S(C)(=O)=O)cc2c1OCC2. The van der Waals surface area contributed by atoms with Crippen LogP contribution in [0, 0.1) is 12.3 Å². The first-order valence-electron chi connectivity index (χ1n) is 14.9. The molecule has 4 rings (SSSR count). The summed E-state index contributed by atoms with van der Waals surface area (Å²) in [6.45, 7) is 6.60. The van der Waals surface area contributed by atoms with Crippen LogP contribution in [-0.2, 0) is 48.1 Å². The largest absolute Gasteiger partial charge is 0.493 e. The monoisotopic (exact) mass is 740 g/mol. The van der Waals surface area contributed by atoms with Crippen LogP contribution in [0.25, 0.3) is 0 Å². The topological polar surface area (TPSA) is 124 Å². The number of alkyl halides is 6. The zero-order chi connectivity index (χ0) is 37.6. The summed E-state index contributed by atoms with van der Waals surface area (Å²) in [6, 6.07) is 5.59. The van der Waals surface area contributed by atoms with Crippen LogP contribution in [0.2, 0.25) is 0 Å². The van der Waals surface area contributed by atoms with Gasteiger partial charge in [0.1, 0.15) is 11.5 Å². The fraction of sp³-hybridized carbons (Fsp3) is 0.545. The molecule has 0 spiro atoms. The minimum Gasteiger partial charge on any atom is -0.493 e. The highest BCUT2D eigenvalue weighted by Crippen LogP contribution is 2.47. The second kappa shape index (κ2) is 13.4. The molecule has 0 amide bonds. The van der Waals surface area contributed by atoms with Crippen molar-refractivity contribution in [3.63, 3.8) is 0 Å². The summed E-state index contributed by atoms with van der Waals surface area (Å²) in [7, 11) is -7.09. The Morgan fingerprint density at radius 1 is 0.796 bits per heavy atom. The summed E-state index contributed by atoms with van der Waals surface area (Å²) in [5.41, 5.74) is -3.65. The van der Waals surface area contributed by atoms with E-state index in [4.69, 9.17) is 15.9 Å². The molecule has 8 nitrogen and oxygen atoms in total. The van der Waals surface area contributed by atoms with E-state index in [0.29, 0.717) is 59.8 Å². The molecule has 272 valence electrons. The van der Waals surface area contributed by atoms with Gasteiger partial charge in [-0.25, -0.2) is 16.8 Å². The van der Waals surface area contributed by atoms with Gasteiger partial charge in [-0.1, -0.05) is 27.7 Å². The first-order chi connectivity index (χ1) is 22.0. The summed E-state index contributed by atoms with van der Waals surface area (Å²) in [5.74, 6) is 0.800. The fourth-order valence-electron chi connectivity index (χ4n) is 5.85. The lowest BCUT2D eigenvalue weighted by Crippen LogP contribution is -2.49. The second-order valence-corrected chi connectivity index (χ2v) is 17.6. The molecule has 1 N–H and O–H groups in total. The van der Waals surface area contributed by atoms with Crippen LogP contribution < -0.4 is 9.47 Å². The molecule has 0 aliphatic carbocycles. The number of Topliss-reactive ketones (excluding diaryl/α,β-unsaturated/α-hetero) is 1. The van der Waals surface area contributed by atoms with Crippen molar-refractivity contribution in [1.29, 1.82) is 0 Å². The highest BCUT2D eigenvalue weighted by atomic mass is 32.2. The average molecular weight is 741 g/mol. The molecule has 0 saturated carbocycles. The van der Waals surface area contributed by atoms with Gasteiger partial charge in [0, 0.05) is 54.7 Å². The number of rotatable bonds is 9. The molecule has 0 aromatic heterocycles. The number of ketones is 1. The van der Waals surface area contributed by atoms with Crippen LogP contribution >= 0.6 is 0 Å². The Bertz CT molecular complexity index is 1870. The Labute approximate surface area is 282 Å². The number of hydrogen-bond acceptors (Lipinski definition) is 8. The van der Waals surface area contributed by atoms with E-state index in [-0.39, 0.29) is 9.79 Å². The minimum atomic E-state index is -4.92. The first-order valence-corrected chi connectivity index (χ1v) is 18.6. The van der Waals surface area contributed by atoms with Crippen LogP contribution in [0.1, 0.15) is 69.2 Å². The molecule has 1 unspecified atom stereocenters. The number of benzene rings is 2. The third-order valence-corrected chi connectivity index (χ3v) is 10.6. The lowest BCUT2D eigenvalue weighted by atomic mass is 9.73. The molecule has 2 heterocycles. The average Bonchev–Trinajstić information content (AvgIpc) is 3.59. The van der Waals surface area contributed by atoms with Crippen molar-refractivity contribution in [2.75, 3.05) is 25.7 Å². The molecule has 2 aromatic rings. The highest BCUT2D eigenvalue weighted by Gasteiger charge is 2.56. The van der Waals surface area contributed by atoms with E-state index >= 15 is 0 Å². The van der Waals surface area contributed by atoms with Crippen molar-refractivity contribution in [2.45, 2.75) is 98.4 Å².